The molecule has 4 bridgehead atoms. The summed E-state index contributed by atoms with van der Waals surface area (Å²) in [4.78, 5) is 12.8. The Kier molecular flexibility index (Phi) is 3.77. The molecule has 1 amide bonds. The number of ether oxygens (including phenoxy) is 1. The second kappa shape index (κ2) is 5.64. The summed E-state index contributed by atoms with van der Waals surface area (Å²) in [5.41, 5.74) is 0.127. The van der Waals surface area contributed by atoms with E-state index in [0.717, 1.165) is 22.6 Å². The molecule has 0 radical (unpaired) electrons. The maximum absolute atomic E-state index is 12.0. The van der Waals surface area contributed by atoms with Crippen LogP contribution < -0.4 is 5.32 Å². The van der Waals surface area contributed by atoms with Crippen molar-refractivity contribution in [2.75, 3.05) is 6.54 Å². The fraction of sp³-hybridized carbons (Fsp3) is 0.722. The highest BCUT2D eigenvalue weighted by Gasteiger charge is 2.52. The van der Waals surface area contributed by atoms with E-state index in [2.05, 4.69) is 12.2 Å². The van der Waals surface area contributed by atoms with Crippen LogP contribution in [0.3, 0.4) is 0 Å². The van der Waals surface area contributed by atoms with Crippen LogP contribution in [-0.4, -0.2) is 24.2 Å². The number of thiophene rings is 1. The minimum absolute atomic E-state index is 0.0240. The molecule has 0 aliphatic heterocycles. The molecule has 4 fully saturated rings. The van der Waals surface area contributed by atoms with E-state index in [0.29, 0.717) is 6.54 Å². The summed E-state index contributed by atoms with van der Waals surface area (Å²) in [5, 5.41) is 4.95. The summed E-state index contributed by atoms with van der Waals surface area (Å²) >= 11 is 1.48. The van der Waals surface area contributed by atoms with Crippen LogP contribution in [0.4, 0.5) is 0 Å². The molecule has 1 aromatic rings. The third-order valence-electron chi connectivity index (χ3n) is 5.73. The van der Waals surface area contributed by atoms with Crippen molar-refractivity contribution < 1.29 is 9.53 Å². The molecule has 4 heteroatoms. The van der Waals surface area contributed by atoms with Gasteiger partial charge in [-0.3, -0.25) is 4.79 Å². The number of rotatable bonds is 5. The molecule has 5 rings (SSSR count). The quantitative estimate of drug-likeness (QED) is 0.895. The molecule has 0 unspecified atom stereocenters. The predicted molar refractivity (Wildman–Crippen MR) is 88.1 cm³/mol. The van der Waals surface area contributed by atoms with Crippen LogP contribution in [0.15, 0.2) is 17.5 Å². The van der Waals surface area contributed by atoms with Gasteiger partial charge in [0.1, 0.15) is 0 Å². The van der Waals surface area contributed by atoms with Gasteiger partial charge in [-0.2, -0.15) is 0 Å². The lowest BCUT2D eigenvalue weighted by atomic mass is 9.54. The van der Waals surface area contributed by atoms with Crippen LogP contribution in [0, 0.1) is 17.8 Å². The Hall–Kier alpha value is -0.870. The van der Waals surface area contributed by atoms with E-state index in [1.807, 2.05) is 17.5 Å². The Morgan fingerprint density at radius 3 is 2.50 bits per heavy atom. The number of carbonyl (C=O) groups is 1. The summed E-state index contributed by atoms with van der Waals surface area (Å²) in [5.74, 6) is 2.73. The van der Waals surface area contributed by atoms with E-state index in [9.17, 15) is 4.79 Å². The van der Waals surface area contributed by atoms with Gasteiger partial charge >= 0.3 is 0 Å². The van der Waals surface area contributed by atoms with E-state index >= 15 is 0 Å². The first kappa shape index (κ1) is 14.7. The highest BCUT2D eigenvalue weighted by molar-refractivity contribution is 7.12. The molecular weight excluding hydrogens is 294 g/mol. The molecule has 3 nitrogen and oxygen atoms in total. The molecule has 4 saturated carbocycles. The van der Waals surface area contributed by atoms with E-state index in [4.69, 9.17) is 4.74 Å². The van der Waals surface area contributed by atoms with Crippen molar-refractivity contribution in [3.05, 3.63) is 22.4 Å². The lowest BCUT2D eigenvalue weighted by Gasteiger charge is -2.57. The first-order chi connectivity index (χ1) is 10.6. The molecule has 22 heavy (non-hydrogen) atoms. The van der Waals surface area contributed by atoms with Crippen LogP contribution in [0.25, 0.3) is 0 Å². The number of carbonyl (C=O) groups excluding carboxylic acids is 1. The molecule has 1 aromatic heterocycles. The van der Waals surface area contributed by atoms with E-state index < -0.39 is 0 Å². The zero-order valence-corrected chi connectivity index (χ0v) is 14.0. The minimum atomic E-state index is 0.0240. The lowest BCUT2D eigenvalue weighted by molar-refractivity contribution is -0.182. The fourth-order valence-corrected chi connectivity index (χ4v) is 6.02. The van der Waals surface area contributed by atoms with Gasteiger partial charge in [-0.05, 0) is 74.6 Å². The first-order valence-electron chi connectivity index (χ1n) is 8.61. The molecule has 0 saturated heterocycles. The van der Waals surface area contributed by atoms with E-state index in [-0.39, 0.29) is 17.6 Å². The Bertz CT molecular complexity index is 504. The number of nitrogens with one attached hydrogen (secondary N) is 1. The Morgan fingerprint density at radius 1 is 1.32 bits per heavy atom. The summed E-state index contributed by atoms with van der Waals surface area (Å²) in [6, 6.07) is 3.78. The van der Waals surface area contributed by atoms with Gasteiger partial charge in [-0.15, -0.1) is 11.3 Å². The van der Waals surface area contributed by atoms with Gasteiger partial charge in [0.05, 0.1) is 16.6 Å². The summed E-state index contributed by atoms with van der Waals surface area (Å²) in [7, 11) is 0. The van der Waals surface area contributed by atoms with Crippen LogP contribution in [0.1, 0.15) is 55.1 Å². The molecule has 1 heterocycles. The molecule has 4 aliphatic carbocycles. The Labute approximate surface area is 136 Å². The van der Waals surface area contributed by atoms with Crippen LogP contribution in [0.2, 0.25) is 0 Å². The zero-order chi connectivity index (χ0) is 15.2. The zero-order valence-electron chi connectivity index (χ0n) is 13.2. The maximum atomic E-state index is 12.0. The summed E-state index contributed by atoms with van der Waals surface area (Å²) in [6.07, 6.45) is 8.16. The normalized spacial score (nSPS) is 37.2. The Balaban J connectivity index is 1.32. The van der Waals surface area contributed by atoms with Crippen molar-refractivity contribution in [3.63, 3.8) is 0 Å². The first-order valence-corrected chi connectivity index (χ1v) is 9.49. The minimum Gasteiger partial charge on any atom is -0.370 e. The molecule has 0 aromatic carbocycles. The topological polar surface area (TPSA) is 38.3 Å². The summed E-state index contributed by atoms with van der Waals surface area (Å²) in [6.45, 7) is 2.71. The Morgan fingerprint density at radius 2 is 1.95 bits per heavy atom. The molecule has 0 spiro atoms. The van der Waals surface area contributed by atoms with Gasteiger partial charge in [-0.1, -0.05) is 6.07 Å². The van der Waals surface area contributed by atoms with Crippen LogP contribution >= 0.6 is 11.3 Å². The van der Waals surface area contributed by atoms with E-state index in [1.54, 1.807) is 0 Å². The van der Waals surface area contributed by atoms with Crippen molar-refractivity contribution in [1.29, 1.82) is 0 Å². The molecule has 1 atom stereocenters. The fourth-order valence-electron chi connectivity index (χ4n) is 5.38. The van der Waals surface area contributed by atoms with Gasteiger partial charge in [0.2, 0.25) is 0 Å². The van der Waals surface area contributed by atoms with Crippen molar-refractivity contribution in [2.45, 2.75) is 57.2 Å². The maximum Gasteiger partial charge on any atom is 0.261 e. The molecule has 120 valence electrons. The van der Waals surface area contributed by atoms with Gasteiger partial charge in [0.25, 0.3) is 5.91 Å². The molecule has 4 aliphatic rings. The van der Waals surface area contributed by atoms with Gasteiger partial charge in [0, 0.05) is 6.54 Å². The second-order valence-corrected chi connectivity index (χ2v) is 8.66. The summed E-state index contributed by atoms with van der Waals surface area (Å²) < 4.78 is 6.51. The van der Waals surface area contributed by atoms with Gasteiger partial charge in [-0.25, -0.2) is 0 Å². The van der Waals surface area contributed by atoms with E-state index in [1.165, 1.54) is 49.9 Å². The monoisotopic (exact) mass is 319 g/mol. The lowest BCUT2D eigenvalue weighted by Crippen LogP contribution is -2.53. The highest BCUT2D eigenvalue weighted by Crippen LogP contribution is 2.57. The number of amides is 1. The van der Waals surface area contributed by atoms with Crippen molar-refractivity contribution in [3.8, 4) is 0 Å². The third-order valence-corrected chi connectivity index (χ3v) is 6.60. The molecular formula is C18H25NO2S. The van der Waals surface area contributed by atoms with Gasteiger partial charge in [0.15, 0.2) is 0 Å². The van der Waals surface area contributed by atoms with Crippen LogP contribution in [-0.2, 0) is 4.74 Å². The van der Waals surface area contributed by atoms with Gasteiger partial charge < -0.3 is 10.1 Å². The number of hydrogen-bond acceptors (Lipinski definition) is 3. The standard InChI is InChI=1S/C18H25NO2S/c1-12(11-19-17(20)16-3-2-4-22-16)21-18-8-13-5-14(9-18)7-15(6-13)10-18/h2-4,12-15H,5-11H2,1H3,(H,19,20)/t12-,13?,14?,15?,18?/m1/s1. The smallest absolute Gasteiger partial charge is 0.261 e. The van der Waals surface area contributed by atoms with Crippen molar-refractivity contribution >= 4 is 17.2 Å². The second-order valence-electron chi connectivity index (χ2n) is 7.72. The average Bonchev–Trinajstić information content (AvgIpc) is 2.97. The molecule has 1 N–H and O–H groups in total. The van der Waals surface area contributed by atoms with Crippen molar-refractivity contribution in [1.82, 2.24) is 5.32 Å². The van der Waals surface area contributed by atoms with Crippen molar-refractivity contribution in [2.24, 2.45) is 17.8 Å². The van der Waals surface area contributed by atoms with Crippen LogP contribution in [0.5, 0.6) is 0 Å². The highest BCUT2D eigenvalue weighted by atomic mass is 32.1. The third kappa shape index (κ3) is 2.83. The number of hydrogen-bond donors (Lipinski definition) is 1. The SMILES string of the molecule is C[C@H](CNC(=O)c1cccs1)OC12CC3CC(CC(C3)C1)C2. The average molecular weight is 319 g/mol. The largest absolute Gasteiger partial charge is 0.370 e. The predicted octanol–water partition coefficient (Wildman–Crippen LogP) is 3.85.